The molecule has 0 aromatic carbocycles. The summed E-state index contributed by atoms with van der Waals surface area (Å²) in [5.74, 6) is 1.41. The topological polar surface area (TPSA) is 64.3 Å². The van der Waals surface area contributed by atoms with Crippen LogP contribution >= 0.6 is 11.3 Å². The van der Waals surface area contributed by atoms with Crippen LogP contribution in [0.15, 0.2) is 11.4 Å². The van der Waals surface area contributed by atoms with Gasteiger partial charge in [0.2, 0.25) is 0 Å². The smallest absolute Gasteiger partial charge is 0.146 e. The summed E-state index contributed by atoms with van der Waals surface area (Å²) in [4.78, 5) is 12.3. The molecule has 0 amide bonds. The maximum atomic E-state index is 5.97. The Bertz CT molecular complexity index is 563. The van der Waals surface area contributed by atoms with Crippen molar-refractivity contribution in [3.8, 4) is 0 Å². The van der Waals surface area contributed by atoms with Crippen molar-refractivity contribution >= 4 is 27.4 Å². The van der Waals surface area contributed by atoms with Crippen molar-refractivity contribution < 1.29 is 4.74 Å². The lowest BCUT2D eigenvalue weighted by atomic mass is 10.1. The van der Waals surface area contributed by atoms with E-state index in [4.69, 9.17) is 10.5 Å². The highest BCUT2D eigenvalue weighted by molar-refractivity contribution is 7.16. The second-order valence-corrected chi connectivity index (χ2v) is 5.77. The molecular formula is C13H18N4OS. The first-order valence-corrected chi connectivity index (χ1v) is 7.39. The molecule has 0 aliphatic carbocycles. The number of fused-ring (bicyclic) bond motifs is 1. The third kappa shape index (κ3) is 2.70. The van der Waals surface area contributed by atoms with E-state index in [1.807, 2.05) is 11.4 Å². The standard InChI is InChI=1S/C13H18N4OS/c1-18-9-2-5-17(6-3-9)8-11-15-12(14)10-4-7-19-13(10)16-11/h4,7,9H,2-3,5-6,8H2,1H3,(H2,14,15,16). The molecule has 0 unspecified atom stereocenters. The predicted molar refractivity (Wildman–Crippen MR) is 77.1 cm³/mol. The Morgan fingerprint density at radius 1 is 1.42 bits per heavy atom. The van der Waals surface area contributed by atoms with Crippen LogP contribution in [0, 0.1) is 0 Å². The van der Waals surface area contributed by atoms with Crippen LogP contribution in [0.3, 0.4) is 0 Å². The number of nitrogen functional groups attached to an aromatic ring is 1. The Kier molecular flexibility index (Phi) is 3.63. The molecule has 0 atom stereocenters. The summed E-state index contributed by atoms with van der Waals surface area (Å²) in [6.07, 6.45) is 2.56. The number of nitrogens with zero attached hydrogens (tertiary/aromatic N) is 3. The second kappa shape index (κ2) is 5.40. The highest BCUT2D eigenvalue weighted by Gasteiger charge is 2.19. The van der Waals surface area contributed by atoms with Gasteiger partial charge in [-0.2, -0.15) is 0 Å². The first-order chi connectivity index (χ1) is 9.26. The third-order valence-corrected chi connectivity index (χ3v) is 4.44. The Morgan fingerprint density at radius 2 is 2.21 bits per heavy atom. The van der Waals surface area contributed by atoms with Crippen LogP contribution in [0.2, 0.25) is 0 Å². The summed E-state index contributed by atoms with van der Waals surface area (Å²) in [5.41, 5.74) is 5.97. The number of ether oxygens (including phenoxy) is 1. The summed E-state index contributed by atoms with van der Waals surface area (Å²) in [6.45, 7) is 2.84. The van der Waals surface area contributed by atoms with Gasteiger partial charge in [0.15, 0.2) is 0 Å². The molecule has 0 radical (unpaired) electrons. The lowest BCUT2D eigenvalue weighted by molar-refractivity contribution is 0.0382. The fourth-order valence-electron chi connectivity index (χ4n) is 2.50. The van der Waals surface area contributed by atoms with E-state index in [9.17, 15) is 0 Å². The largest absolute Gasteiger partial charge is 0.383 e. The van der Waals surface area contributed by atoms with E-state index in [0.717, 1.165) is 48.5 Å². The maximum Gasteiger partial charge on any atom is 0.146 e. The van der Waals surface area contributed by atoms with Crippen LogP contribution in [0.5, 0.6) is 0 Å². The fourth-order valence-corrected chi connectivity index (χ4v) is 3.29. The minimum atomic E-state index is 0.405. The number of likely N-dealkylation sites (tertiary alicyclic amines) is 1. The summed E-state index contributed by atoms with van der Waals surface area (Å²) in [5, 5.41) is 2.97. The lowest BCUT2D eigenvalue weighted by Gasteiger charge is -2.30. The van der Waals surface area contributed by atoms with E-state index in [2.05, 4.69) is 14.9 Å². The van der Waals surface area contributed by atoms with Gasteiger partial charge in [0.1, 0.15) is 16.5 Å². The van der Waals surface area contributed by atoms with Crippen molar-refractivity contribution in [3.05, 3.63) is 17.3 Å². The molecule has 3 rings (SSSR count). The number of hydrogen-bond acceptors (Lipinski definition) is 6. The molecule has 6 heteroatoms. The summed E-state index contributed by atoms with van der Waals surface area (Å²) in [6, 6.07) is 1.98. The Labute approximate surface area is 116 Å². The van der Waals surface area contributed by atoms with E-state index in [1.165, 1.54) is 0 Å². The average Bonchev–Trinajstić information content (AvgIpc) is 2.88. The molecule has 2 aromatic rings. The molecular weight excluding hydrogens is 260 g/mol. The van der Waals surface area contributed by atoms with Gasteiger partial charge in [-0.05, 0) is 24.3 Å². The van der Waals surface area contributed by atoms with Crippen molar-refractivity contribution in [2.75, 3.05) is 25.9 Å². The first kappa shape index (κ1) is 12.8. The molecule has 2 aromatic heterocycles. The molecule has 1 aliphatic rings. The highest BCUT2D eigenvalue weighted by Crippen LogP contribution is 2.23. The fraction of sp³-hybridized carbons (Fsp3) is 0.538. The van der Waals surface area contributed by atoms with Gasteiger partial charge in [-0.1, -0.05) is 0 Å². The van der Waals surface area contributed by atoms with Crippen LogP contribution in [-0.2, 0) is 11.3 Å². The Hall–Kier alpha value is -1.24. The lowest BCUT2D eigenvalue weighted by Crippen LogP contribution is -2.36. The van der Waals surface area contributed by atoms with Gasteiger partial charge >= 0.3 is 0 Å². The van der Waals surface area contributed by atoms with Gasteiger partial charge in [-0.15, -0.1) is 11.3 Å². The molecule has 19 heavy (non-hydrogen) atoms. The quantitative estimate of drug-likeness (QED) is 0.928. The number of aromatic nitrogens is 2. The van der Waals surface area contributed by atoms with Crippen LogP contribution < -0.4 is 5.73 Å². The monoisotopic (exact) mass is 278 g/mol. The van der Waals surface area contributed by atoms with Gasteiger partial charge in [0.25, 0.3) is 0 Å². The van der Waals surface area contributed by atoms with Gasteiger partial charge in [0, 0.05) is 20.2 Å². The predicted octanol–water partition coefficient (Wildman–Crippen LogP) is 1.88. The van der Waals surface area contributed by atoms with Crippen molar-refractivity contribution in [2.45, 2.75) is 25.5 Å². The van der Waals surface area contributed by atoms with Crippen molar-refractivity contribution in [1.29, 1.82) is 0 Å². The maximum absolute atomic E-state index is 5.97. The van der Waals surface area contributed by atoms with Gasteiger partial charge in [-0.25, -0.2) is 9.97 Å². The van der Waals surface area contributed by atoms with E-state index in [1.54, 1.807) is 18.4 Å². The molecule has 5 nitrogen and oxygen atoms in total. The highest BCUT2D eigenvalue weighted by atomic mass is 32.1. The molecule has 0 bridgehead atoms. The number of rotatable bonds is 3. The van der Waals surface area contributed by atoms with Gasteiger partial charge in [-0.3, -0.25) is 4.90 Å². The molecule has 102 valence electrons. The van der Waals surface area contributed by atoms with E-state index in [-0.39, 0.29) is 0 Å². The van der Waals surface area contributed by atoms with Crippen LogP contribution in [-0.4, -0.2) is 41.2 Å². The van der Waals surface area contributed by atoms with Crippen LogP contribution in [0.1, 0.15) is 18.7 Å². The molecule has 2 N–H and O–H groups in total. The average molecular weight is 278 g/mol. The number of hydrogen-bond donors (Lipinski definition) is 1. The minimum Gasteiger partial charge on any atom is -0.383 e. The van der Waals surface area contributed by atoms with Crippen molar-refractivity contribution in [1.82, 2.24) is 14.9 Å². The number of thiophene rings is 1. The van der Waals surface area contributed by atoms with Gasteiger partial charge < -0.3 is 10.5 Å². The van der Waals surface area contributed by atoms with Crippen LogP contribution in [0.4, 0.5) is 5.82 Å². The number of nitrogens with two attached hydrogens (primary N) is 1. The Morgan fingerprint density at radius 3 is 2.95 bits per heavy atom. The third-order valence-electron chi connectivity index (χ3n) is 3.63. The SMILES string of the molecule is COC1CCN(Cc2nc(N)c3ccsc3n2)CC1. The zero-order chi connectivity index (χ0) is 13.2. The molecule has 1 fully saturated rings. The first-order valence-electron chi connectivity index (χ1n) is 6.51. The summed E-state index contributed by atoms with van der Waals surface area (Å²) < 4.78 is 5.38. The normalized spacial score (nSPS) is 18.2. The van der Waals surface area contributed by atoms with E-state index in [0.29, 0.717) is 11.9 Å². The van der Waals surface area contributed by atoms with Crippen LogP contribution in [0.25, 0.3) is 10.2 Å². The molecule has 1 aliphatic heterocycles. The Balaban J connectivity index is 1.71. The zero-order valence-electron chi connectivity index (χ0n) is 11.0. The number of piperidine rings is 1. The molecule has 3 heterocycles. The molecule has 0 saturated carbocycles. The minimum absolute atomic E-state index is 0.405. The molecule has 1 saturated heterocycles. The van der Waals surface area contributed by atoms with Crippen molar-refractivity contribution in [2.24, 2.45) is 0 Å². The zero-order valence-corrected chi connectivity index (χ0v) is 11.8. The summed E-state index contributed by atoms with van der Waals surface area (Å²) >= 11 is 1.61. The number of anilines is 1. The van der Waals surface area contributed by atoms with Gasteiger partial charge in [0.05, 0.1) is 18.0 Å². The molecule has 0 spiro atoms. The van der Waals surface area contributed by atoms with Crippen molar-refractivity contribution in [3.63, 3.8) is 0 Å². The van der Waals surface area contributed by atoms with E-state index >= 15 is 0 Å². The second-order valence-electron chi connectivity index (χ2n) is 4.88. The van der Waals surface area contributed by atoms with E-state index < -0.39 is 0 Å². The summed E-state index contributed by atoms with van der Waals surface area (Å²) in [7, 11) is 1.79. The number of methoxy groups -OCH3 is 1.